The summed E-state index contributed by atoms with van der Waals surface area (Å²) in [5, 5.41) is 9.22. The third-order valence-corrected chi connectivity index (χ3v) is 4.70. The fourth-order valence-corrected chi connectivity index (χ4v) is 3.44. The van der Waals surface area contributed by atoms with Crippen LogP contribution in [0.2, 0.25) is 0 Å². The summed E-state index contributed by atoms with van der Waals surface area (Å²) in [5.74, 6) is 0.533. The standard InChI is InChI=1S/C20H15NO3/c1-11-14-8-16-15(13-6-4-3-5-7-13)9-18(22)24-20(16)12(2)19(14)23-17(11)10-21/h3-9,12,20H,1-2H3. The predicted molar refractivity (Wildman–Crippen MR) is 88.9 cm³/mol. The van der Waals surface area contributed by atoms with Crippen LogP contribution in [0.1, 0.15) is 41.1 Å². The van der Waals surface area contributed by atoms with Gasteiger partial charge in [-0.1, -0.05) is 37.3 Å². The first-order valence-electron chi connectivity index (χ1n) is 7.83. The monoisotopic (exact) mass is 317 g/mol. The van der Waals surface area contributed by atoms with E-state index < -0.39 is 6.10 Å². The number of esters is 1. The Morgan fingerprint density at radius 1 is 1.17 bits per heavy atom. The molecule has 0 N–H and O–H groups in total. The van der Waals surface area contributed by atoms with Crippen molar-refractivity contribution in [3.8, 4) is 6.07 Å². The van der Waals surface area contributed by atoms with Gasteiger partial charge in [-0.2, -0.15) is 5.26 Å². The Morgan fingerprint density at radius 2 is 1.92 bits per heavy atom. The molecule has 2 heterocycles. The minimum Gasteiger partial charge on any atom is -0.454 e. The first kappa shape index (κ1) is 14.5. The van der Waals surface area contributed by atoms with Gasteiger partial charge in [-0.3, -0.25) is 0 Å². The van der Waals surface area contributed by atoms with Crippen molar-refractivity contribution in [2.45, 2.75) is 25.9 Å². The van der Waals surface area contributed by atoms with Gasteiger partial charge in [0.2, 0.25) is 5.76 Å². The molecule has 4 heteroatoms. The van der Waals surface area contributed by atoms with Gasteiger partial charge in [0, 0.05) is 22.8 Å². The molecule has 0 spiro atoms. The molecule has 0 saturated heterocycles. The molecular weight excluding hydrogens is 302 g/mol. The Balaban J connectivity index is 1.93. The van der Waals surface area contributed by atoms with E-state index in [-0.39, 0.29) is 11.9 Å². The average molecular weight is 317 g/mol. The smallest absolute Gasteiger partial charge is 0.332 e. The van der Waals surface area contributed by atoms with Gasteiger partial charge >= 0.3 is 5.97 Å². The second-order valence-electron chi connectivity index (χ2n) is 6.12. The van der Waals surface area contributed by atoms with E-state index in [0.717, 1.165) is 27.8 Å². The van der Waals surface area contributed by atoms with Crippen LogP contribution < -0.4 is 0 Å². The number of benzene rings is 1. The van der Waals surface area contributed by atoms with Gasteiger partial charge < -0.3 is 9.15 Å². The van der Waals surface area contributed by atoms with E-state index in [0.29, 0.717) is 11.5 Å². The number of furan rings is 1. The molecule has 118 valence electrons. The van der Waals surface area contributed by atoms with Crippen LogP contribution in [0, 0.1) is 18.3 Å². The SMILES string of the molecule is Cc1c(C#N)oc2c1C=C1C(c3ccccc3)=CC(=O)OC1C2C. The van der Waals surface area contributed by atoms with Crippen LogP contribution in [0.4, 0.5) is 0 Å². The molecule has 4 nitrogen and oxygen atoms in total. The number of nitrogens with zero attached hydrogens (tertiary/aromatic N) is 1. The molecule has 1 aromatic heterocycles. The zero-order chi connectivity index (χ0) is 16.8. The molecule has 2 unspecified atom stereocenters. The van der Waals surface area contributed by atoms with E-state index in [1.807, 2.05) is 50.3 Å². The number of ether oxygens (including phenoxy) is 1. The summed E-state index contributed by atoms with van der Waals surface area (Å²) in [6.45, 7) is 3.84. The Bertz CT molecular complexity index is 941. The lowest BCUT2D eigenvalue weighted by atomic mass is 9.79. The second kappa shape index (κ2) is 5.24. The van der Waals surface area contributed by atoms with Crippen molar-refractivity contribution >= 4 is 17.6 Å². The molecule has 4 rings (SSSR count). The highest BCUT2D eigenvalue weighted by molar-refractivity contribution is 6.01. The van der Waals surface area contributed by atoms with Gasteiger partial charge in [0.25, 0.3) is 0 Å². The van der Waals surface area contributed by atoms with Gasteiger partial charge in [-0.15, -0.1) is 0 Å². The molecule has 0 saturated carbocycles. The van der Waals surface area contributed by atoms with Gasteiger partial charge in [-0.25, -0.2) is 4.79 Å². The topological polar surface area (TPSA) is 63.2 Å². The van der Waals surface area contributed by atoms with E-state index in [1.54, 1.807) is 0 Å². The first-order chi connectivity index (χ1) is 11.6. The van der Waals surface area contributed by atoms with Crippen molar-refractivity contribution in [1.29, 1.82) is 5.26 Å². The fourth-order valence-electron chi connectivity index (χ4n) is 3.44. The summed E-state index contributed by atoms with van der Waals surface area (Å²) in [6.07, 6.45) is 3.13. The normalized spacial score (nSPS) is 21.8. The first-order valence-corrected chi connectivity index (χ1v) is 7.83. The summed E-state index contributed by atoms with van der Waals surface area (Å²) >= 11 is 0. The minimum absolute atomic E-state index is 0.142. The molecule has 1 aliphatic heterocycles. The van der Waals surface area contributed by atoms with E-state index >= 15 is 0 Å². The largest absolute Gasteiger partial charge is 0.454 e. The summed E-state index contributed by atoms with van der Waals surface area (Å²) in [7, 11) is 0. The second-order valence-corrected chi connectivity index (χ2v) is 6.12. The number of carbonyl (C=O) groups excluding carboxylic acids is 1. The lowest BCUT2D eigenvalue weighted by Crippen LogP contribution is -2.31. The number of rotatable bonds is 1. The van der Waals surface area contributed by atoms with E-state index in [2.05, 4.69) is 6.07 Å². The average Bonchev–Trinajstić information content (AvgIpc) is 2.92. The number of carbonyl (C=O) groups is 1. The van der Waals surface area contributed by atoms with Gasteiger partial charge in [-0.05, 0) is 24.1 Å². The van der Waals surface area contributed by atoms with Crippen molar-refractivity contribution < 1.29 is 13.9 Å². The van der Waals surface area contributed by atoms with Crippen molar-refractivity contribution in [3.63, 3.8) is 0 Å². The summed E-state index contributed by atoms with van der Waals surface area (Å²) in [4.78, 5) is 12.1. The lowest BCUT2D eigenvalue weighted by Gasteiger charge is -2.33. The molecule has 2 atom stereocenters. The maximum Gasteiger partial charge on any atom is 0.332 e. The van der Waals surface area contributed by atoms with Crippen LogP contribution >= 0.6 is 0 Å². The van der Waals surface area contributed by atoms with Crippen molar-refractivity contribution in [2.75, 3.05) is 0 Å². The molecule has 0 fully saturated rings. The van der Waals surface area contributed by atoms with Crippen LogP contribution in [0.25, 0.3) is 11.6 Å². The van der Waals surface area contributed by atoms with Crippen molar-refractivity contribution in [2.24, 2.45) is 0 Å². The van der Waals surface area contributed by atoms with E-state index in [1.165, 1.54) is 6.08 Å². The van der Waals surface area contributed by atoms with E-state index in [9.17, 15) is 10.1 Å². The van der Waals surface area contributed by atoms with Crippen molar-refractivity contribution in [1.82, 2.24) is 0 Å². The molecule has 0 amide bonds. The number of nitriles is 1. The minimum atomic E-state index is -0.401. The Hall–Kier alpha value is -3.06. The molecule has 0 bridgehead atoms. The number of hydrogen-bond donors (Lipinski definition) is 0. The zero-order valence-electron chi connectivity index (χ0n) is 13.4. The summed E-state index contributed by atoms with van der Waals surface area (Å²) in [6, 6.07) is 11.9. The maximum absolute atomic E-state index is 12.1. The Kier molecular flexibility index (Phi) is 3.17. The molecular formula is C20H15NO3. The number of hydrogen-bond acceptors (Lipinski definition) is 4. The quantitative estimate of drug-likeness (QED) is 0.747. The van der Waals surface area contributed by atoms with E-state index in [4.69, 9.17) is 9.15 Å². The zero-order valence-corrected chi connectivity index (χ0v) is 13.4. The highest BCUT2D eigenvalue weighted by atomic mass is 16.5. The van der Waals surface area contributed by atoms with Crippen molar-refractivity contribution in [3.05, 3.63) is 70.2 Å². The van der Waals surface area contributed by atoms with Crippen LogP contribution in [0.5, 0.6) is 0 Å². The molecule has 1 aliphatic carbocycles. The van der Waals surface area contributed by atoms with Gasteiger partial charge in [0.1, 0.15) is 17.9 Å². The molecule has 24 heavy (non-hydrogen) atoms. The molecule has 0 radical (unpaired) electrons. The van der Waals surface area contributed by atoms with Crippen LogP contribution in [-0.4, -0.2) is 12.1 Å². The summed E-state index contributed by atoms with van der Waals surface area (Å²) < 4.78 is 11.3. The maximum atomic E-state index is 12.1. The van der Waals surface area contributed by atoms with Crippen LogP contribution in [0.3, 0.4) is 0 Å². The highest BCUT2D eigenvalue weighted by Gasteiger charge is 2.39. The Morgan fingerprint density at radius 3 is 2.62 bits per heavy atom. The third-order valence-electron chi connectivity index (χ3n) is 4.70. The molecule has 2 aliphatic rings. The highest BCUT2D eigenvalue weighted by Crippen LogP contribution is 2.45. The predicted octanol–water partition coefficient (Wildman–Crippen LogP) is 3.97. The Labute approximate surface area is 139 Å². The number of fused-ring (bicyclic) bond motifs is 2. The lowest BCUT2D eigenvalue weighted by molar-refractivity contribution is -0.142. The van der Waals surface area contributed by atoms with Gasteiger partial charge in [0.05, 0.1) is 5.92 Å². The van der Waals surface area contributed by atoms with Gasteiger partial charge in [0.15, 0.2) is 0 Å². The van der Waals surface area contributed by atoms with Crippen LogP contribution in [0.15, 0.2) is 46.4 Å². The van der Waals surface area contributed by atoms with Crippen LogP contribution in [-0.2, 0) is 9.53 Å². The molecule has 2 aromatic rings. The third kappa shape index (κ3) is 2.02. The summed E-state index contributed by atoms with van der Waals surface area (Å²) in [5.41, 5.74) is 4.55. The molecule has 1 aromatic carbocycles. The fraction of sp³-hybridized carbons (Fsp3) is 0.200.